The fraction of sp³-hybridized carbons (Fsp3) is 0.714. The van der Waals surface area contributed by atoms with E-state index >= 15 is 0 Å². The molecular formula is C14H22N4OS. The minimum Gasteiger partial charge on any atom is -0.334 e. The molecule has 0 aliphatic carbocycles. The summed E-state index contributed by atoms with van der Waals surface area (Å²) in [7, 11) is 0. The van der Waals surface area contributed by atoms with Gasteiger partial charge in [0.2, 0.25) is 0 Å². The molecule has 1 aromatic heterocycles. The van der Waals surface area contributed by atoms with Gasteiger partial charge in [-0.05, 0) is 32.7 Å². The topological polar surface area (TPSA) is 57.3 Å². The lowest BCUT2D eigenvalue weighted by Gasteiger charge is -2.32. The second kappa shape index (κ2) is 6.10. The van der Waals surface area contributed by atoms with E-state index in [9.17, 15) is 4.79 Å². The number of aromatic nitrogens is 1. The third-order valence-corrected chi connectivity index (χ3v) is 5.21. The van der Waals surface area contributed by atoms with Crippen LogP contribution in [0.5, 0.6) is 0 Å². The van der Waals surface area contributed by atoms with Crippen LogP contribution in [0.1, 0.15) is 36.4 Å². The SMILES string of the molecule is Cc1csc(CNC(=O)N[C@@H]2CCN3CCCC[C@@H]23)n1. The lowest BCUT2D eigenvalue weighted by molar-refractivity contribution is 0.179. The first kappa shape index (κ1) is 13.8. The molecule has 0 spiro atoms. The van der Waals surface area contributed by atoms with Crippen molar-refractivity contribution in [2.24, 2.45) is 0 Å². The first-order valence-electron chi connectivity index (χ1n) is 7.42. The Morgan fingerprint density at radius 1 is 1.45 bits per heavy atom. The minimum absolute atomic E-state index is 0.0599. The van der Waals surface area contributed by atoms with Crippen molar-refractivity contribution < 1.29 is 4.79 Å². The van der Waals surface area contributed by atoms with Crippen molar-refractivity contribution in [3.8, 4) is 0 Å². The van der Waals surface area contributed by atoms with Gasteiger partial charge >= 0.3 is 6.03 Å². The number of hydrogen-bond donors (Lipinski definition) is 2. The number of nitrogens with one attached hydrogen (secondary N) is 2. The van der Waals surface area contributed by atoms with Crippen molar-refractivity contribution in [1.29, 1.82) is 0 Å². The normalized spacial score (nSPS) is 26.2. The standard InChI is InChI=1S/C14H22N4OS/c1-10-9-20-13(16-10)8-15-14(19)17-11-5-7-18-6-3-2-4-12(11)18/h9,11-12H,2-8H2,1H3,(H2,15,17,19)/t11-,12+/m1/s1. The number of carbonyl (C=O) groups excluding carboxylic acids is 1. The summed E-state index contributed by atoms with van der Waals surface area (Å²) in [6.45, 7) is 4.81. The Balaban J connectivity index is 1.46. The van der Waals surface area contributed by atoms with Crippen LogP contribution in [-0.2, 0) is 6.54 Å². The third-order valence-electron chi connectivity index (χ3n) is 4.24. The summed E-state index contributed by atoms with van der Waals surface area (Å²) in [5.41, 5.74) is 1.01. The zero-order chi connectivity index (χ0) is 13.9. The Morgan fingerprint density at radius 2 is 2.35 bits per heavy atom. The van der Waals surface area contributed by atoms with Gasteiger partial charge in [0.25, 0.3) is 0 Å². The highest BCUT2D eigenvalue weighted by atomic mass is 32.1. The van der Waals surface area contributed by atoms with E-state index < -0.39 is 0 Å². The molecule has 6 heteroatoms. The number of aryl methyl sites for hydroxylation is 1. The van der Waals surface area contributed by atoms with Gasteiger partial charge in [0.1, 0.15) is 5.01 Å². The van der Waals surface area contributed by atoms with E-state index in [1.165, 1.54) is 25.8 Å². The van der Waals surface area contributed by atoms with Crippen LogP contribution >= 0.6 is 11.3 Å². The van der Waals surface area contributed by atoms with Crippen LogP contribution in [0.25, 0.3) is 0 Å². The molecule has 2 amide bonds. The van der Waals surface area contributed by atoms with Crippen LogP contribution < -0.4 is 10.6 Å². The quantitative estimate of drug-likeness (QED) is 0.895. The highest BCUT2D eigenvalue weighted by Gasteiger charge is 2.36. The molecule has 2 atom stereocenters. The Hall–Kier alpha value is -1.14. The number of hydrogen-bond acceptors (Lipinski definition) is 4. The van der Waals surface area contributed by atoms with Gasteiger partial charge in [-0.25, -0.2) is 9.78 Å². The van der Waals surface area contributed by atoms with E-state index in [2.05, 4.69) is 20.5 Å². The number of piperidine rings is 1. The Morgan fingerprint density at radius 3 is 3.15 bits per heavy atom. The molecule has 0 bridgehead atoms. The molecule has 3 heterocycles. The predicted molar refractivity (Wildman–Crippen MR) is 79.8 cm³/mol. The van der Waals surface area contributed by atoms with Gasteiger partial charge in [-0.1, -0.05) is 6.42 Å². The molecule has 2 saturated heterocycles. The second-order valence-electron chi connectivity index (χ2n) is 5.70. The van der Waals surface area contributed by atoms with Crippen LogP contribution in [0, 0.1) is 6.92 Å². The molecule has 2 N–H and O–H groups in total. The predicted octanol–water partition coefficient (Wildman–Crippen LogP) is 1.88. The Labute approximate surface area is 123 Å². The summed E-state index contributed by atoms with van der Waals surface area (Å²) in [6, 6.07) is 0.806. The van der Waals surface area contributed by atoms with E-state index in [1.807, 2.05) is 12.3 Å². The van der Waals surface area contributed by atoms with Crippen LogP contribution in [0.3, 0.4) is 0 Å². The molecule has 20 heavy (non-hydrogen) atoms. The first-order chi connectivity index (χ1) is 9.72. The van der Waals surface area contributed by atoms with Gasteiger partial charge in [0.05, 0.1) is 6.54 Å². The smallest absolute Gasteiger partial charge is 0.315 e. The third kappa shape index (κ3) is 3.12. The fourth-order valence-corrected chi connectivity index (χ4v) is 3.99. The summed E-state index contributed by atoms with van der Waals surface area (Å²) in [5.74, 6) is 0. The summed E-state index contributed by atoms with van der Waals surface area (Å²) >= 11 is 1.59. The molecule has 2 aliphatic rings. The maximum Gasteiger partial charge on any atom is 0.315 e. The van der Waals surface area contributed by atoms with Crippen molar-refractivity contribution in [1.82, 2.24) is 20.5 Å². The van der Waals surface area contributed by atoms with E-state index in [0.29, 0.717) is 18.6 Å². The molecule has 110 valence electrons. The van der Waals surface area contributed by atoms with Crippen LogP contribution in [0.15, 0.2) is 5.38 Å². The maximum absolute atomic E-state index is 12.0. The van der Waals surface area contributed by atoms with E-state index in [-0.39, 0.29) is 6.03 Å². The summed E-state index contributed by atoms with van der Waals surface area (Å²) in [4.78, 5) is 18.9. The van der Waals surface area contributed by atoms with E-state index in [1.54, 1.807) is 11.3 Å². The minimum atomic E-state index is -0.0599. The fourth-order valence-electron chi connectivity index (χ4n) is 3.27. The Kier molecular flexibility index (Phi) is 4.21. The number of rotatable bonds is 3. The Bertz CT molecular complexity index is 475. The molecule has 3 rings (SSSR count). The van der Waals surface area contributed by atoms with Crippen molar-refractivity contribution in [2.75, 3.05) is 13.1 Å². The maximum atomic E-state index is 12.0. The highest BCUT2D eigenvalue weighted by molar-refractivity contribution is 7.09. The first-order valence-corrected chi connectivity index (χ1v) is 8.30. The number of carbonyl (C=O) groups is 1. The number of nitrogens with zero attached hydrogens (tertiary/aromatic N) is 2. The van der Waals surface area contributed by atoms with Crippen molar-refractivity contribution in [2.45, 2.75) is 51.2 Å². The van der Waals surface area contributed by atoms with Gasteiger partial charge in [-0.3, -0.25) is 4.90 Å². The molecule has 5 nitrogen and oxygen atoms in total. The van der Waals surface area contributed by atoms with Crippen molar-refractivity contribution >= 4 is 17.4 Å². The lowest BCUT2D eigenvalue weighted by Crippen LogP contribution is -2.49. The zero-order valence-corrected chi connectivity index (χ0v) is 12.7. The molecule has 0 saturated carbocycles. The van der Waals surface area contributed by atoms with Gasteiger partial charge in [0, 0.05) is 29.7 Å². The summed E-state index contributed by atoms with van der Waals surface area (Å²) < 4.78 is 0. The van der Waals surface area contributed by atoms with E-state index in [4.69, 9.17) is 0 Å². The molecule has 1 aromatic rings. The monoisotopic (exact) mass is 294 g/mol. The van der Waals surface area contributed by atoms with Crippen molar-refractivity contribution in [3.63, 3.8) is 0 Å². The molecule has 2 fully saturated rings. The van der Waals surface area contributed by atoms with Crippen LogP contribution in [-0.4, -0.2) is 41.1 Å². The molecular weight excluding hydrogens is 272 g/mol. The van der Waals surface area contributed by atoms with Gasteiger partial charge in [-0.2, -0.15) is 0 Å². The zero-order valence-electron chi connectivity index (χ0n) is 11.9. The number of amides is 2. The van der Waals surface area contributed by atoms with E-state index in [0.717, 1.165) is 23.7 Å². The van der Waals surface area contributed by atoms with Crippen LogP contribution in [0.4, 0.5) is 4.79 Å². The largest absolute Gasteiger partial charge is 0.334 e. The average Bonchev–Trinajstić information content (AvgIpc) is 3.04. The van der Waals surface area contributed by atoms with Crippen molar-refractivity contribution in [3.05, 3.63) is 16.1 Å². The van der Waals surface area contributed by atoms with Gasteiger partial charge < -0.3 is 10.6 Å². The van der Waals surface area contributed by atoms with Crippen LogP contribution in [0.2, 0.25) is 0 Å². The molecule has 0 radical (unpaired) electrons. The molecule has 0 unspecified atom stereocenters. The number of urea groups is 1. The average molecular weight is 294 g/mol. The highest BCUT2D eigenvalue weighted by Crippen LogP contribution is 2.26. The lowest BCUT2D eigenvalue weighted by atomic mass is 9.99. The second-order valence-corrected chi connectivity index (χ2v) is 6.65. The number of thiazole rings is 1. The van der Waals surface area contributed by atoms with Gasteiger partial charge in [0.15, 0.2) is 0 Å². The molecule has 2 aliphatic heterocycles. The van der Waals surface area contributed by atoms with Gasteiger partial charge in [-0.15, -0.1) is 11.3 Å². The summed E-state index contributed by atoms with van der Waals surface area (Å²) in [6.07, 6.45) is 4.89. The summed E-state index contributed by atoms with van der Waals surface area (Å²) in [5, 5.41) is 9.02. The molecule has 0 aromatic carbocycles. The number of fused-ring (bicyclic) bond motifs is 1.